The van der Waals surface area contributed by atoms with E-state index in [0.29, 0.717) is 31.2 Å². The van der Waals surface area contributed by atoms with E-state index in [1.165, 1.54) is 23.9 Å². The van der Waals surface area contributed by atoms with E-state index in [2.05, 4.69) is 63.6 Å². The van der Waals surface area contributed by atoms with Crippen LogP contribution < -0.4 is 4.72 Å². The molecule has 7 rings (SSSR count). The Bertz CT molecular complexity index is 1940. The topological polar surface area (TPSA) is 87.5 Å². The van der Waals surface area contributed by atoms with Crippen LogP contribution in [0.4, 0.5) is 8.78 Å². The van der Waals surface area contributed by atoms with Gasteiger partial charge in [-0.2, -0.15) is 0 Å². The number of carbonyl (C=O) groups is 1. The molecule has 4 heterocycles. The summed E-state index contributed by atoms with van der Waals surface area (Å²) in [5, 5.41) is 0. The summed E-state index contributed by atoms with van der Waals surface area (Å²) in [6.07, 6.45) is 7.02. The van der Waals surface area contributed by atoms with Crippen molar-refractivity contribution in [1.29, 1.82) is 0 Å². The van der Waals surface area contributed by atoms with Gasteiger partial charge in [-0.25, -0.2) is 26.9 Å². The predicted molar refractivity (Wildman–Crippen MR) is 186 cm³/mol. The third kappa shape index (κ3) is 6.41. The zero-order valence-corrected chi connectivity index (χ0v) is 29.2. The van der Waals surface area contributed by atoms with Gasteiger partial charge in [0.1, 0.15) is 10.7 Å². The van der Waals surface area contributed by atoms with Gasteiger partial charge >= 0.3 is 0 Å². The van der Waals surface area contributed by atoms with Gasteiger partial charge in [-0.05, 0) is 108 Å². The molecule has 0 aliphatic carbocycles. The fraction of sp³-hybridized carbons (Fsp3) is 0.474. The van der Waals surface area contributed by atoms with Crippen molar-refractivity contribution in [2.45, 2.75) is 100 Å². The molecule has 0 radical (unpaired) electrons. The average molecular weight is 690 g/mol. The molecule has 3 aliphatic heterocycles. The maximum absolute atomic E-state index is 14.7. The normalized spacial score (nSPS) is 22.7. The molecular weight excluding hydrogens is 645 g/mol. The first-order valence-electron chi connectivity index (χ1n) is 17.5. The minimum atomic E-state index is -4.35. The Labute approximate surface area is 287 Å². The third-order valence-corrected chi connectivity index (χ3v) is 12.8. The number of para-hydroxylation sites is 2. The smallest absolute Gasteiger partial charge is 0.254 e. The zero-order chi connectivity index (χ0) is 34.5. The second-order valence-electron chi connectivity index (χ2n) is 14.5. The molecule has 4 aromatic rings. The van der Waals surface area contributed by atoms with Crippen molar-refractivity contribution in [3.8, 4) is 0 Å². The van der Waals surface area contributed by atoms with E-state index in [1.807, 2.05) is 12.1 Å². The average Bonchev–Trinajstić information content (AvgIpc) is 3.54. The summed E-state index contributed by atoms with van der Waals surface area (Å²) in [4.78, 5) is 22.0. The number of carbonyl (C=O) groups excluding carboxylic acids is 1. The second kappa shape index (κ2) is 13.2. The van der Waals surface area contributed by atoms with E-state index >= 15 is 0 Å². The number of piperidine rings is 2. The van der Waals surface area contributed by atoms with E-state index in [9.17, 15) is 22.0 Å². The van der Waals surface area contributed by atoms with Crippen LogP contribution in [0.1, 0.15) is 86.6 Å². The number of halogens is 2. The van der Waals surface area contributed by atoms with Crippen molar-refractivity contribution in [3.63, 3.8) is 0 Å². The number of sulfonamides is 1. The van der Waals surface area contributed by atoms with Gasteiger partial charge in [0.2, 0.25) is 10.0 Å². The molecule has 8 nitrogen and oxygen atoms in total. The van der Waals surface area contributed by atoms with Crippen molar-refractivity contribution in [1.82, 2.24) is 24.1 Å². The molecule has 1 amide bonds. The number of hydrogen-bond donors (Lipinski definition) is 1. The number of aromatic nitrogens is 2. The number of fused-ring (bicyclic) bond motifs is 3. The molecule has 0 spiro atoms. The second-order valence-corrected chi connectivity index (χ2v) is 16.2. The van der Waals surface area contributed by atoms with Crippen molar-refractivity contribution in [2.24, 2.45) is 0 Å². The first-order valence-corrected chi connectivity index (χ1v) is 19.0. The van der Waals surface area contributed by atoms with E-state index in [0.717, 1.165) is 62.1 Å². The highest BCUT2D eigenvalue weighted by atomic mass is 32.2. The largest absolute Gasteiger partial charge is 0.339 e. The number of nitrogens with zero attached hydrogens (tertiary/aromatic N) is 4. The number of benzene rings is 3. The van der Waals surface area contributed by atoms with Crippen LogP contribution in [0.25, 0.3) is 11.0 Å². The molecule has 1 aromatic heterocycles. The quantitative estimate of drug-likeness (QED) is 0.210. The number of imidazole rings is 1. The van der Waals surface area contributed by atoms with Crippen LogP contribution in [0.15, 0.2) is 71.6 Å². The lowest BCUT2D eigenvalue weighted by Gasteiger charge is -2.45. The Morgan fingerprint density at radius 2 is 1.61 bits per heavy atom. The summed E-state index contributed by atoms with van der Waals surface area (Å²) < 4.78 is 59.6. The van der Waals surface area contributed by atoms with E-state index in [4.69, 9.17) is 4.98 Å². The molecule has 3 atom stereocenters. The lowest BCUT2D eigenvalue weighted by atomic mass is 9.70. The minimum absolute atomic E-state index is 0.144. The fourth-order valence-electron chi connectivity index (χ4n) is 8.84. The summed E-state index contributed by atoms with van der Waals surface area (Å²) in [5.41, 5.74) is 3.22. The summed E-state index contributed by atoms with van der Waals surface area (Å²) in [6, 6.07) is 21.6. The van der Waals surface area contributed by atoms with Crippen LogP contribution >= 0.6 is 0 Å². The molecular formula is C38H45F2N5O3S. The van der Waals surface area contributed by atoms with Gasteiger partial charge in [0.15, 0.2) is 11.6 Å². The van der Waals surface area contributed by atoms with E-state index < -0.39 is 38.5 Å². The number of amides is 1. The molecule has 3 fully saturated rings. The van der Waals surface area contributed by atoms with Crippen LogP contribution in [0.2, 0.25) is 0 Å². The Morgan fingerprint density at radius 1 is 0.959 bits per heavy atom. The molecule has 49 heavy (non-hydrogen) atoms. The van der Waals surface area contributed by atoms with Gasteiger partial charge < -0.3 is 9.47 Å². The Kier molecular flexibility index (Phi) is 9.13. The number of rotatable bonds is 9. The van der Waals surface area contributed by atoms with Gasteiger partial charge in [-0.15, -0.1) is 0 Å². The Morgan fingerprint density at radius 3 is 2.29 bits per heavy atom. The first kappa shape index (κ1) is 33.8. The standard InChI is InChI=1S/C38H45F2N5O3S/c1-25(2)42-49(47,48)35-22-27(21-32(39)36(35)40)37(46)43-18-15-38(16-19-43,28-9-5-4-6-10-28)17-20-44-29-13-14-30(44)24-31(23-29)45-26(3)41-33-11-7-8-12-34(33)45/h4-12,21-22,25,29-31,42H,13-20,23-24H2,1-3H3/t29-,30+,31+. The number of likely N-dealkylation sites (tertiary alicyclic amines) is 1. The molecule has 3 saturated heterocycles. The molecule has 1 N–H and O–H groups in total. The molecule has 3 aliphatic rings. The van der Waals surface area contributed by atoms with Gasteiger partial charge in [-0.3, -0.25) is 9.69 Å². The molecule has 260 valence electrons. The minimum Gasteiger partial charge on any atom is -0.339 e. The lowest BCUT2D eigenvalue weighted by Crippen LogP contribution is -2.49. The summed E-state index contributed by atoms with van der Waals surface area (Å²) in [6.45, 7) is 7.13. The monoisotopic (exact) mass is 689 g/mol. The fourth-order valence-corrected chi connectivity index (χ4v) is 10.2. The lowest BCUT2D eigenvalue weighted by molar-refractivity contribution is 0.0606. The summed E-state index contributed by atoms with van der Waals surface area (Å²) >= 11 is 0. The van der Waals surface area contributed by atoms with E-state index in [1.54, 1.807) is 18.7 Å². The van der Waals surface area contributed by atoms with Crippen LogP contribution in [0.5, 0.6) is 0 Å². The zero-order valence-electron chi connectivity index (χ0n) is 28.4. The third-order valence-electron chi connectivity index (χ3n) is 11.2. The maximum atomic E-state index is 14.7. The van der Waals surface area contributed by atoms with Crippen LogP contribution in [-0.2, 0) is 15.4 Å². The van der Waals surface area contributed by atoms with Gasteiger partial charge in [0.25, 0.3) is 5.91 Å². The van der Waals surface area contributed by atoms with Gasteiger partial charge in [0.05, 0.1) is 11.0 Å². The molecule has 2 bridgehead atoms. The number of hydrogen-bond acceptors (Lipinski definition) is 5. The highest BCUT2D eigenvalue weighted by molar-refractivity contribution is 7.89. The molecule has 0 unspecified atom stereocenters. The SMILES string of the molecule is Cc1nc2ccccc2n1[C@H]1C[C@H]2CC[C@@H](C1)N2CCC1(c2ccccc2)CCN(C(=O)c2cc(F)c(F)c(S(=O)(=O)NC(C)C)c2)CC1. The number of aryl methyl sites for hydroxylation is 1. The first-order chi connectivity index (χ1) is 23.5. The van der Waals surface area contributed by atoms with Crippen LogP contribution in [-0.4, -0.2) is 71.4 Å². The highest BCUT2D eigenvalue weighted by Gasteiger charge is 2.44. The van der Waals surface area contributed by atoms with Gasteiger partial charge in [0, 0.05) is 42.8 Å². The summed E-state index contributed by atoms with van der Waals surface area (Å²) in [7, 11) is -4.35. The van der Waals surface area contributed by atoms with Gasteiger partial charge in [-0.1, -0.05) is 42.5 Å². The van der Waals surface area contributed by atoms with Crippen molar-refractivity contribution in [2.75, 3.05) is 19.6 Å². The van der Waals surface area contributed by atoms with Crippen molar-refractivity contribution in [3.05, 3.63) is 95.3 Å². The molecule has 0 saturated carbocycles. The van der Waals surface area contributed by atoms with Crippen LogP contribution in [0, 0.1) is 18.6 Å². The van der Waals surface area contributed by atoms with Crippen LogP contribution in [0.3, 0.4) is 0 Å². The Hall–Kier alpha value is -3.67. The molecule has 11 heteroatoms. The van der Waals surface area contributed by atoms with E-state index in [-0.39, 0.29) is 11.0 Å². The highest BCUT2D eigenvalue weighted by Crippen LogP contribution is 2.45. The van der Waals surface area contributed by atoms with Crippen molar-refractivity contribution >= 4 is 27.0 Å². The maximum Gasteiger partial charge on any atom is 0.254 e. The molecule has 3 aromatic carbocycles. The predicted octanol–water partition coefficient (Wildman–Crippen LogP) is 6.74. The summed E-state index contributed by atoms with van der Waals surface area (Å²) in [5.74, 6) is -2.26. The Balaban J connectivity index is 1.07. The van der Waals surface area contributed by atoms with Crippen molar-refractivity contribution < 1.29 is 22.0 Å². The number of nitrogens with one attached hydrogen (secondary N) is 1.